The molecule has 1 amide bonds. The highest BCUT2D eigenvalue weighted by Gasteiger charge is 2.33. The quantitative estimate of drug-likeness (QED) is 0.774. The number of halogens is 3. The summed E-state index contributed by atoms with van der Waals surface area (Å²) < 4.78 is 38.7. The molecule has 2 unspecified atom stereocenters. The van der Waals surface area contributed by atoms with Gasteiger partial charge in [-0.15, -0.1) is 0 Å². The second-order valence-corrected chi connectivity index (χ2v) is 3.55. The molecule has 0 aromatic rings. The summed E-state index contributed by atoms with van der Waals surface area (Å²) in [6, 6.07) is 0. The number of alkyl halides is 3. The topological polar surface area (TPSA) is 38.3 Å². The van der Waals surface area contributed by atoms with Crippen LogP contribution in [0.1, 0.15) is 13.3 Å². The van der Waals surface area contributed by atoms with Crippen LogP contribution in [-0.4, -0.2) is 25.4 Å². The van der Waals surface area contributed by atoms with E-state index in [-0.39, 0.29) is 0 Å². The largest absolute Gasteiger partial charge is 0.440 e. The standard InChI is InChI=1S/C8H12F3NO2/c1-5-2-6(5)3-12-7(13)14-4-8(9,10)11/h5-6H,2-4H2,1H3,(H,12,13). The lowest BCUT2D eigenvalue weighted by molar-refractivity contribution is -0.160. The summed E-state index contributed by atoms with van der Waals surface area (Å²) >= 11 is 0. The van der Waals surface area contributed by atoms with Crippen molar-refractivity contribution in [2.45, 2.75) is 19.5 Å². The van der Waals surface area contributed by atoms with Crippen LogP contribution in [0.25, 0.3) is 0 Å². The molecule has 0 heterocycles. The monoisotopic (exact) mass is 211 g/mol. The van der Waals surface area contributed by atoms with Crippen molar-refractivity contribution in [2.75, 3.05) is 13.2 Å². The fourth-order valence-corrected chi connectivity index (χ4v) is 1.10. The molecule has 82 valence electrons. The Labute approximate surface area is 79.6 Å². The van der Waals surface area contributed by atoms with Crippen molar-refractivity contribution in [3.05, 3.63) is 0 Å². The Morgan fingerprint density at radius 3 is 2.57 bits per heavy atom. The van der Waals surface area contributed by atoms with E-state index in [1.165, 1.54) is 0 Å². The van der Waals surface area contributed by atoms with Crippen LogP contribution in [0.4, 0.5) is 18.0 Å². The van der Waals surface area contributed by atoms with E-state index >= 15 is 0 Å². The molecule has 1 rings (SSSR count). The first-order valence-electron chi connectivity index (χ1n) is 4.36. The van der Waals surface area contributed by atoms with Gasteiger partial charge in [-0.05, 0) is 18.3 Å². The molecule has 6 heteroatoms. The lowest BCUT2D eigenvalue weighted by Crippen LogP contribution is -2.30. The minimum Gasteiger partial charge on any atom is -0.440 e. The van der Waals surface area contributed by atoms with Crippen molar-refractivity contribution in [3.8, 4) is 0 Å². The Morgan fingerprint density at radius 1 is 1.57 bits per heavy atom. The number of amides is 1. The van der Waals surface area contributed by atoms with Crippen LogP contribution in [0.15, 0.2) is 0 Å². The molecule has 1 saturated carbocycles. The van der Waals surface area contributed by atoms with Crippen LogP contribution in [0, 0.1) is 11.8 Å². The van der Waals surface area contributed by atoms with Gasteiger partial charge in [-0.3, -0.25) is 0 Å². The molecule has 0 bridgehead atoms. The van der Waals surface area contributed by atoms with E-state index in [0.717, 1.165) is 6.42 Å². The van der Waals surface area contributed by atoms with Gasteiger partial charge >= 0.3 is 12.3 Å². The minimum atomic E-state index is -4.45. The highest BCUT2D eigenvalue weighted by Crippen LogP contribution is 2.36. The van der Waals surface area contributed by atoms with Gasteiger partial charge in [0.15, 0.2) is 6.61 Å². The van der Waals surface area contributed by atoms with Crippen molar-refractivity contribution < 1.29 is 22.7 Å². The van der Waals surface area contributed by atoms with Crippen molar-refractivity contribution in [1.82, 2.24) is 5.32 Å². The molecular weight excluding hydrogens is 199 g/mol. The first-order valence-corrected chi connectivity index (χ1v) is 4.36. The van der Waals surface area contributed by atoms with E-state index in [9.17, 15) is 18.0 Å². The maximum atomic E-state index is 11.6. The van der Waals surface area contributed by atoms with Crippen LogP contribution in [0.3, 0.4) is 0 Å². The number of rotatable bonds is 3. The summed E-state index contributed by atoms with van der Waals surface area (Å²) in [5.41, 5.74) is 0. The highest BCUT2D eigenvalue weighted by molar-refractivity contribution is 5.67. The fraction of sp³-hybridized carbons (Fsp3) is 0.875. The van der Waals surface area contributed by atoms with Crippen molar-refractivity contribution >= 4 is 6.09 Å². The van der Waals surface area contributed by atoms with Gasteiger partial charge in [0.1, 0.15) is 0 Å². The zero-order valence-corrected chi connectivity index (χ0v) is 7.73. The SMILES string of the molecule is CC1CC1CNC(=O)OCC(F)(F)F. The van der Waals surface area contributed by atoms with Gasteiger partial charge in [0, 0.05) is 6.54 Å². The van der Waals surface area contributed by atoms with Gasteiger partial charge in [0.05, 0.1) is 0 Å². The third-order valence-electron chi connectivity index (χ3n) is 2.15. The molecule has 0 aromatic heterocycles. The van der Waals surface area contributed by atoms with E-state index in [0.29, 0.717) is 18.4 Å². The van der Waals surface area contributed by atoms with E-state index in [4.69, 9.17) is 0 Å². The number of carbonyl (C=O) groups is 1. The molecule has 1 N–H and O–H groups in total. The van der Waals surface area contributed by atoms with Crippen molar-refractivity contribution in [2.24, 2.45) is 11.8 Å². The average molecular weight is 211 g/mol. The summed E-state index contributed by atoms with van der Waals surface area (Å²) in [4.78, 5) is 10.7. The number of alkyl carbamates (subject to hydrolysis) is 1. The maximum Gasteiger partial charge on any atom is 0.422 e. The number of nitrogens with one attached hydrogen (secondary N) is 1. The number of carbonyl (C=O) groups excluding carboxylic acids is 1. The van der Waals surface area contributed by atoms with Crippen LogP contribution in [-0.2, 0) is 4.74 Å². The molecular formula is C8H12F3NO2. The third kappa shape index (κ3) is 4.34. The van der Waals surface area contributed by atoms with Gasteiger partial charge in [-0.25, -0.2) is 4.79 Å². The maximum absolute atomic E-state index is 11.6. The van der Waals surface area contributed by atoms with Gasteiger partial charge < -0.3 is 10.1 Å². The molecule has 0 radical (unpaired) electrons. The van der Waals surface area contributed by atoms with E-state index < -0.39 is 18.9 Å². The molecule has 3 nitrogen and oxygen atoms in total. The number of hydrogen-bond acceptors (Lipinski definition) is 2. The third-order valence-corrected chi connectivity index (χ3v) is 2.15. The predicted octanol–water partition coefficient (Wildman–Crippen LogP) is 1.93. The molecule has 2 atom stereocenters. The molecule has 1 aliphatic carbocycles. The van der Waals surface area contributed by atoms with Crippen molar-refractivity contribution in [1.29, 1.82) is 0 Å². The molecule has 0 spiro atoms. The van der Waals surface area contributed by atoms with Crippen molar-refractivity contribution in [3.63, 3.8) is 0 Å². The molecule has 1 aliphatic rings. The zero-order valence-electron chi connectivity index (χ0n) is 7.73. The Bertz CT molecular complexity index is 217. The Kier molecular flexibility index (Phi) is 3.23. The first kappa shape index (κ1) is 11.1. The highest BCUT2D eigenvalue weighted by atomic mass is 19.4. The minimum absolute atomic E-state index is 0.397. The molecule has 1 fully saturated rings. The molecule has 0 aromatic carbocycles. The summed E-state index contributed by atoms with van der Waals surface area (Å²) in [6.45, 7) is 0.893. The average Bonchev–Trinajstić information content (AvgIpc) is 2.73. The van der Waals surface area contributed by atoms with Crippen LogP contribution >= 0.6 is 0 Å². The normalized spacial score (nSPS) is 25.7. The Hall–Kier alpha value is -0.940. The van der Waals surface area contributed by atoms with Gasteiger partial charge in [-0.2, -0.15) is 13.2 Å². The lowest BCUT2D eigenvalue weighted by Gasteiger charge is -2.08. The second-order valence-electron chi connectivity index (χ2n) is 3.55. The van der Waals surface area contributed by atoms with E-state index in [1.54, 1.807) is 0 Å². The van der Waals surface area contributed by atoms with E-state index in [2.05, 4.69) is 10.1 Å². The number of ether oxygens (including phenoxy) is 1. The molecule has 0 aliphatic heterocycles. The molecule has 0 saturated heterocycles. The summed E-state index contributed by atoms with van der Waals surface area (Å²) in [6.07, 6.45) is -4.44. The van der Waals surface area contributed by atoms with E-state index in [1.807, 2.05) is 6.92 Å². The summed E-state index contributed by atoms with van der Waals surface area (Å²) in [5, 5.41) is 2.29. The Morgan fingerprint density at radius 2 is 2.14 bits per heavy atom. The Balaban J connectivity index is 2.04. The number of hydrogen-bond donors (Lipinski definition) is 1. The zero-order chi connectivity index (χ0) is 10.8. The van der Waals surface area contributed by atoms with Crippen LogP contribution in [0.2, 0.25) is 0 Å². The van der Waals surface area contributed by atoms with Gasteiger partial charge in [-0.1, -0.05) is 6.92 Å². The second kappa shape index (κ2) is 4.06. The van der Waals surface area contributed by atoms with Crippen LogP contribution in [0.5, 0.6) is 0 Å². The summed E-state index contributed by atoms with van der Waals surface area (Å²) in [7, 11) is 0. The smallest absolute Gasteiger partial charge is 0.422 e. The fourth-order valence-electron chi connectivity index (χ4n) is 1.10. The van der Waals surface area contributed by atoms with Crippen LogP contribution < -0.4 is 5.32 Å². The summed E-state index contributed by atoms with van der Waals surface area (Å²) in [5.74, 6) is 0.950. The molecule has 14 heavy (non-hydrogen) atoms. The predicted molar refractivity (Wildman–Crippen MR) is 42.7 cm³/mol. The first-order chi connectivity index (χ1) is 6.38. The lowest BCUT2D eigenvalue weighted by atomic mass is 10.3. The van der Waals surface area contributed by atoms with Gasteiger partial charge in [0.25, 0.3) is 0 Å². The van der Waals surface area contributed by atoms with Gasteiger partial charge in [0.2, 0.25) is 0 Å².